The van der Waals surface area contributed by atoms with E-state index in [-0.39, 0.29) is 5.43 Å². The van der Waals surface area contributed by atoms with Crippen LogP contribution in [0, 0.1) is 3.57 Å². The summed E-state index contributed by atoms with van der Waals surface area (Å²) in [5.74, 6) is 0.736. The van der Waals surface area contributed by atoms with Gasteiger partial charge in [-0.1, -0.05) is 0 Å². The van der Waals surface area contributed by atoms with Gasteiger partial charge in [0.1, 0.15) is 13.2 Å². The molecule has 1 N–H and O–H groups in total. The van der Waals surface area contributed by atoms with E-state index in [1.807, 2.05) is 22.6 Å². The van der Waals surface area contributed by atoms with E-state index in [2.05, 4.69) is 4.98 Å². The predicted molar refractivity (Wildman–Crippen MR) is 50.8 cm³/mol. The molecule has 0 spiro atoms. The molecule has 5 heteroatoms. The molecule has 0 saturated heterocycles. The lowest BCUT2D eigenvalue weighted by molar-refractivity contribution is 0.162. The number of aromatic amines is 1. The van der Waals surface area contributed by atoms with Gasteiger partial charge < -0.3 is 14.5 Å². The van der Waals surface area contributed by atoms with Crippen molar-refractivity contribution < 1.29 is 9.47 Å². The van der Waals surface area contributed by atoms with E-state index in [1.54, 1.807) is 6.20 Å². The van der Waals surface area contributed by atoms with Gasteiger partial charge in [-0.25, -0.2) is 0 Å². The van der Waals surface area contributed by atoms with Crippen LogP contribution in [-0.2, 0) is 0 Å². The maximum absolute atomic E-state index is 11.4. The monoisotopic (exact) mass is 279 g/mol. The number of halogens is 1. The molecule has 2 heterocycles. The van der Waals surface area contributed by atoms with Crippen molar-refractivity contribution in [3.05, 3.63) is 20.0 Å². The molecular weight excluding hydrogens is 273 g/mol. The van der Waals surface area contributed by atoms with Crippen LogP contribution in [0.1, 0.15) is 0 Å². The van der Waals surface area contributed by atoms with Crippen LogP contribution in [-0.4, -0.2) is 18.2 Å². The Morgan fingerprint density at radius 1 is 1.42 bits per heavy atom. The topological polar surface area (TPSA) is 51.3 Å². The zero-order valence-corrected chi connectivity index (χ0v) is 8.25. The summed E-state index contributed by atoms with van der Waals surface area (Å²) >= 11 is 1.95. The molecule has 0 radical (unpaired) electrons. The Morgan fingerprint density at radius 2 is 2.17 bits per heavy atom. The van der Waals surface area contributed by atoms with E-state index in [9.17, 15) is 4.79 Å². The molecule has 4 nitrogen and oxygen atoms in total. The number of fused-ring (bicyclic) bond motifs is 1. The minimum atomic E-state index is -0.107. The number of aromatic nitrogens is 1. The number of hydrogen-bond donors (Lipinski definition) is 1. The Labute approximate surface area is 82.0 Å². The Bertz CT molecular complexity index is 360. The Balaban J connectivity index is 2.62. The van der Waals surface area contributed by atoms with Gasteiger partial charge in [-0.15, -0.1) is 0 Å². The quantitative estimate of drug-likeness (QED) is 0.713. The first kappa shape index (κ1) is 7.90. The van der Waals surface area contributed by atoms with E-state index < -0.39 is 0 Å². The highest BCUT2D eigenvalue weighted by molar-refractivity contribution is 14.1. The summed E-state index contributed by atoms with van der Waals surface area (Å²) in [5.41, 5.74) is -0.107. The zero-order valence-electron chi connectivity index (χ0n) is 6.09. The van der Waals surface area contributed by atoms with Crippen LogP contribution in [0.3, 0.4) is 0 Å². The van der Waals surface area contributed by atoms with Crippen LogP contribution in [0.5, 0.6) is 11.6 Å². The Kier molecular flexibility index (Phi) is 1.95. The molecule has 0 fully saturated rings. The number of hydrogen-bond acceptors (Lipinski definition) is 3. The van der Waals surface area contributed by atoms with Gasteiger partial charge in [0, 0.05) is 6.20 Å². The normalized spacial score (nSPS) is 14.4. The molecule has 2 rings (SSSR count). The average molecular weight is 279 g/mol. The summed E-state index contributed by atoms with van der Waals surface area (Å²) < 4.78 is 10.9. The van der Waals surface area contributed by atoms with Crippen LogP contribution in [0.25, 0.3) is 0 Å². The van der Waals surface area contributed by atoms with Crippen molar-refractivity contribution in [2.24, 2.45) is 0 Å². The largest absolute Gasteiger partial charge is 0.482 e. The van der Waals surface area contributed by atoms with Crippen LogP contribution in [0.15, 0.2) is 11.0 Å². The van der Waals surface area contributed by atoms with Crippen molar-refractivity contribution in [2.45, 2.75) is 0 Å². The lowest BCUT2D eigenvalue weighted by atomic mass is 10.4. The molecule has 0 amide bonds. The van der Waals surface area contributed by atoms with Crippen LogP contribution >= 0.6 is 22.6 Å². The smallest absolute Gasteiger partial charge is 0.240 e. The van der Waals surface area contributed by atoms with Gasteiger partial charge in [0.25, 0.3) is 0 Å². The summed E-state index contributed by atoms with van der Waals surface area (Å²) in [6.45, 7) is 0.930. The summed E-state index contributed by atoms with van der Waals surface area (Å²) in [4.78, 5) is 14.2. The summed E-state index contributed by atoms with van der Waals surface area (Å²) in [6, 6.07) is 0. The minimum Gasteiger partial charge on any atom is -0.482 e. The van der Waals surface area contributed by atoms with Crippen LogP contribution in [0.4, 0.5) is 0 Å². The molecular formula is C7H6INO3. The van der Waals surface area contributed by atoms with Gasteiger partial charge in [-0.2, -0.15) is 0 Å². The van der Waals surface area contributed by atoms with Crippen molar-refractivity contribution in [1.82, 2.24) is 4.98 Å². The second-order valence-corrected chi connectivity index (χ2v) is 3.48. The number of pyridine rings is 1. The van der Waals surface area contributed by atoms with Crippen LogP contribution in [0.2, 0.25) is 0 Å². The summed E-state index contributed by atoms with van der Waals surface area (Å²) in [6.07, 6.45) is 1.61. The molecule has 0 unspecified atom stereocenters. The number of rotatable bonds is 0. The van der Waals surface area contributed by atoms with Crippen molar-refractivity contribution >= 4 is 22.6 Å². The van der Waals surface area contributed by atoms with Gasteiger partial charge >= 0.3 is 0 Å². The van der Waals surface area contributed by atoms with E-state index >= 15 is 0 Å². The molecule has 1 aliphatic rings. The molecule has 0 atom stereocenters. The van der Waals surface area contributed by atoms with Gasteiger partial charge in [0.15, 0.2) is 0 Å². The second kappa shape index (κ2) is 2.96. The maximum Gasteiger partial charge on any atom is 0.240 e. The van der Waals surface area contributed by atoms with Gasteiger partial charge in [-0.05, 0) is 22.6 Å². The molecule has 0 aromatic carbocycles. The molecule has 1 aromatic heterocycles. The van der Waals surface area contributed by atoms with E-state index in [1.165, 1.54) is 0 Å². The Morgan fingerprint density at radius 3 is 3.00 bits per heavy atom. The molecule has 0 aliphatic carbocycles. The molecule has 1 aliphatic heterocycles. The first-order valence-electron chi connectivity index (χ1n) is 3.46. The SMILES string of the molecule is O=c1c(I)c[nH]c2c1OCCO2. The first-order chi connectivity index (χ1) is 5.79. The average Bonchev–Trinajstić information content (AvgIpc) is 2.12. The first-order valence-corrected chi connectivity index (χ1v) is 4.53. The third kappa shape index (κ3) is 1.17. The van der Waals surface area contributed by atoms with Crippen LogP contribution < -0.4 is 14.9 Å². The zero-order chi connectivity index (χ0) is 8.55. The number of nitrogens with one attached hydrogen (secondary N) is 1. The number of ether oxygens (including phenoxy) is 2. The third-order valence-corrected chi connectivity index (χ3v) is 2.34. The third-order valence-electron chi connectivity index (χ3n) is 1.54. The van der Waals surface area contributed by atoms with E-state index in [4.69, 9.17) is 9.47 Å². The fraction of sp³-hybridized carbons (Fsp3) is 0.286. The summed E-state index contributed by atoms with van der Waals surface area (Å²) in [7, 11) is 0. The van der Waals surface area contributed by atoms with Crippen molar-refractivity contribution in [3.8, 4) is 11.6 Å². The molecule has 0 bridgehead atoms. The Hall–Kier alpha value is -0.720. The van der Waals surface area contributed by atoms with Crippen molar-refractivity contribution in [1.29, 1.82) is 0 Å². The predicted octanol–water partition coefficient (Wildman–Crippen LogP) is 0.751. The molecule has 64 valence electrons. The highest BCUT2D eigenvalue weighted by Gasteiger charge is 2.16. The second-order valence-electron chi connectivity index (χ2n) is 2.32. The molecule has 12 heavy (non-hydrogen) atoms. The lowest BCUT2D eigenvalue weighted by Gasteiger charge is -2.16. The van der Waals surface area contributed by atoms with E-state index in [0.29, 0.717) is 28.4 Å². The maximum atomic E-state index is 11.4. The van der Waals surface area contributed by atoms with Gasteiger partial charge in [-0.3, -0.25) is 4.79 Å². The fourth-order valence-electron chi connectivity index (χ4n) is 0.997. The summed E-state index contributed by atoms with van der Waals surface area (Å²) in [5, 5.41) is 0. The molecule has 1 aromatic rings. The standard InChI is InChI=1S/C7H6INO3/c8-4-3-9-7-6(5(4)10)11-1-2-12-7/h3H,1-2H2,(H,9,10). The fourth-order valence-corrected chi connectivity index (χ4v) is 1.40. The number of H-pyrrole nitrogens is 1. The van der Waals surface area contributed by atoms with Gasteiger partial charge in [0.2, 0.25) is 17.1 Å². The minimum absolute atomic E-state index is 0.107. The molecule has 0 saturated carbocycles. The highest BCUT2D eigenvalue weighted by atomic mass is 127. The van der Waals surface area contributed by atoms with E-state index in [0.717, 1.165) is 0 Å². The van der Waals surface area contributed by atoms with Crippen molar-refractivity contribution in [2.75, 3.05) is 13.2 Å². The lowest BCUT2D eigenvalue weighted by Crippen LogP contribution is -2.22. The highest BCUT2D eigenvalue weighted by Crippen LogP contribution is 2.23. The van der Waals surface area contributed by atoms with Gasteiger partial charge in [0.05, 0.1) is 3.57 Å². The van der Waals surface area contributed by atoms with Crippen molar-refractivity contribution in [3.63, 3.8) is 0 Å².